The van der Waals surface area contributed by atoms with Crippen molar-refractivity contribution in [2.75, 3.05) is 9.80 Å². The molecule has 10 aromatic carbocycles. The molecule has 322 valence electrons. The Kier molecular flexibility index (Phi) is 10.4. The minimum Gasteiger partial charge on any atom is -0.309 e. The predicted molar refractivity (Wildman–Crippen MR) is 282 cm³/mol. The van der Waals surface area contributed by atoms with Gasteiger partial charge in [-0.25, -0.2) is 0 Å². The van der Waals surface area contributed by atoms with Crippen molar-refractivity contribution in [2.45, 2.75) is 77.0 Å². The molecule has 2 saturated carbocycles. The van der Waals surface area contributed by atoms with Crippen molar-refractivity contribution >= 4 is 66.4 Å². The molecule has 2 aliphatic rings. The zero-order valence-electron chi connectivity index (χ0n) is 38.2. The van der Waals surface area contributed by atoms with Crippen LogP contribution in [0.5, 0.6) is 0 Å². The molecule has 0 N–H and O–H groups in total. The van der Waals surface area contributed by atoms with Crippen LogP contribution in [0.15, 0.2) is 194 Å². The van der Waals surface area contributed by atoms with Gasteiger partial charge in [-0.2, -0.15) is 0 Å². The van der Waals surface area contributed by atoms with Crippen LogP contribution in [0.4, 0.5) is 34.1 Å². The predicted octanol–water partition coefficient (Wildman–Crippen LogP) is 18.8. The topological polar surface area (TPSA) is 6.48 Å². The first kappa shape index (κ1) is 40.4. The number of nitrogens with zero attached hydrogens (tertiary/aromatic N) is 2. The van der Waals surface area contributed by atoms with Crippen LogP contribution in [0.3, 0.4) is 0 Å². The van der Waals surface area contributed by atoms with Gasteiger partial charge in [-0.05, 0) is 143 Å². The molecule has 2 fully saturated rings. The van der Waals surface area contributed by atoms with E-state index in [-0.39, 0.29) is 0 Å². The molecule has 12 rings (SSSR count). The molecule has 0 bridgehead atoms. The maximum Gasteiger partial charge on any atom is 0.0569 e. The summed E-state index contributed by atoms with van der Waals surface area (Å²) >= 11 is 0. The number of anilines is 6. The Morgan fingerprint density at radius 2 is 0.758 bits per heavy atom. The number of hydrogen-bond acceptors (Lipinski definition) is 2. The van der Waals surface area contributed by atoms with Gasteiger partial charge in [-0.1, -0.05) is 183 Å². The van der Waals surface area contributed by atoms with Gasteiger partial charge < -0.3 is 9.80 Å². The van der Waals surface area contributed by atoms with E-state index in [2.05, 4.69) is 218 Å². The molecule has 66 heavy (non-hydrogen) atoms. The van der Waals surface area contributed by atoms with E-state index in [1.165, 1.54) is 162 Å². The number of aryl methyl sites for hydroxylation is 2. The minimum absolute atomic E-state index is 0.606. The van der Waals surface area contributed by atoms with Crippen molar-refractivity contribution in [1.29, 1.82) is 0 Å². The van der Waals surface area contributed by atoms with E-state index >= 15 is 0 Å². The lowest BCUT2D eigenvalue weighted by atomic mass is 9.90. The molecule has 10 aromatic rings. The smallest absolute Gasteiger partial charge is 0.0569 e. The lowest BCUT2D eigenvalue weighted by molar-refractivity contribution is 0.723. The van der Waals surface area contributed by atoms with Gasteiger partial charge in [0.15, 0.2) is 0 Å². The van der Waals surface area contributed by atoms with Crippen molar-refractivity contribution < 1.29 is 0 Å². The molecule has 0 aliphatic heterocycles. The molecule has 0 radical (unpaired) electrons. The van der Waals surface area contributed by atoms with E-state index < -0.39 is 0 Å². The van der Waals surface area contributed by atoms with Crippen LogP contribution in [-0.2, 0) is 0 Å². The normalized spacial score (nSPS) is 14.5. The Hall–Kier alpha value is -7.16. The van der Waals surface area contributed by atoms with Crippen LogP contribution in [0.1, 0.15) is 85.5 Å². The van der Waals surface area contributed by atoms with Gasteiger partial charge in [0.05, 0.1) is 22.7 Å². The first-order chi connectivity index (χ1) is 32.6. The van der Waals surface area contributed by atoms with Gasteiger partial charge >= 0.3 is 0 Å². The fourth-order valence-corrected chi connectivity index (χ4v) is 11.9. The van der Waals surface area contributed by atoms with E-state index in [1.807, 2.05) is 0 Å². The average Bonchev–Trinajstić information content (AvgIpc) is 4.13. The highest BCUT2D eigenvalue weighted by Gasteiger charge is 2.28. The summed E-state index contributed by atoms with van der Waals surface area (Å²) in [5.74, 6) is 1.21. The summed E-state index contributed by atoms with van der Waals surface area (Å²) < 4.78 is 0. The maximum absolute atomic E-state index is 2.59. The van der Waals surface area contributed by atoms with E-state index in [9.17, 15) is 0 Å². The Morgan fingerprint density at radius 3 is 1.18 bits per heavy atom. The fraction of sp³-hybridized carbons (Fsp3) is 0.188. The lowest BCUT2D eigenvalue weighted by Crippen LogP contribution is -2.14. The summed E-state index contributed by atoms with van der Waals surface area (Å²) in [4.78, 5) is 5.17. The monoisotopic (exact) mass is 852 g/mol. The molecule has 0 heterocycles. The van der Waals surface area contributed by atoms with Crippen molar-refractivity contribution in [3.05, 3.63) is 216 Å². The number of hydrogen-bond donors (Lipinski definition) is 0. The molecule has 0 atom stereocenters. The van der Waals surface area contributed by atoms with Crippen molar-refractivity contribution in [1.82, 2.24) is 0 Å². The zero-order valence-corrected chi connectivity index (χ0v) is 38.2. The average molecular weight is 853 g/mol. The third-order valence-electron chi connectivity index (χ3n) is 15.1. The van der Waals surface area contributed by atoms with Crippen molar-refractivity contribution in [3.63, 3.8) is 0 Å². The Morgan fingerprint density at radius 1 is 0.364 bits per heavy atom. The molecule has 2 heteroatoms. The molecule has 0 unspecified atom stereocenters. The van der Waals surface area contributed by atoms with Crippen LogP contribution >= 0.6 is 0 Å². The Labute approximate surface area is 390 Å². The van der Waals surface area contributed by atoms with E-state index in [1.54, 1.807) is 0 Å². The second-order valence-corrected chi connectivity index (χ2v) is 19.1. The van der Waals surface area contributed by atoms with Crippen molar-refractivity contribution in [2.24, 2.45) is 0 Å². The van der Waals surface area contributed by atoms with E-state index in [4.69, 9.17) is 0 Å². The van der Waals surface area contributed by atoms with Crippen molar-refractivity contribution in [3.8, 4) is 22.3 Å². The second kappa shape index (κ2) is 17.0. The number of benzene rings is 10. The summed E-state index contributed by atoms with van der Waals surface area (Å²) in [6, 6.07) is 73.5. The van der Waals surface area contributed by atoms with Gasteiger partial charge in [-0.15, -0.1) is 0 Å². The Balaban J connectivity index is 1.12. The van der Waals surface area contributed by atoms with E-state index in [0.717, 1.165) is 0 Å². The molecule has 0 spiro atoms. The molecule has 2 aliphatic carbocycles. The van der Waals surface area contributed by atoms with Crippen LogP contribution < -0.4 is 9.80 Å². The zero-order chi connectivity index (χ0) is 44.1. The molecule has 2 nitrogen and oxygen atoms in total. The number of rotatable bonds is 10. The first-order valence-electron chi connectivity index (χ1n) is 24.4. The molecular weight excluding hydrogens is 797 g/mol. The maximum atomic E-state index is 2.59. The van der Waals surface area contributed by atoms with Crippen LogP contribution in [0.2, 0.25) is 0 Å². The largest absolute Gasteiger partial charge is 0.309 e. The quantitative estimate of drug-likeness (QED) is 0.127. The highest BCUT2D eigenvalue weighted by molar-refractivity contribution is 6.28. The van der Waals surface area contributed by atoms with Gasteiger partial charge in [0, 0.05) is 33.3 Å². The fourth-order valence-electron chi connectivity index (χ4n) is 11.9. The third-order valence-corrected chi connectivity index (χ3v) is 15.1. The lowest BCUT2D eigenvalue weighted by Gasteiger charge is -2.33. The summed E-state index contributed by atoms with van der Waals surface area (Å²) in [6.07, 6.45) is 10.3. The van der Waals surface area contributed by atoms with E-state index in [0.29, 0.717) is 11.8 Å². The van der Waals surface area contributed by atoms with Gasteiger partial charge in [0.25, 0.3) is 0 Å². The van der Waals surface area contributed by atoms with Crippen LogP contribution in [-0.4, -0.2) is 0 Å². The molecule has 0 saturated heterocycles. The van der Waals surface area contributed by atoms with Crippen LogP contribution in [0, 0.1) is 13.8 Å². The highest BCUT2D eigenvalue weighted by Crippen LogP contribution is 2.52. The van der Waals surface area contributed by atoms with Gasteiger partial charge in [0.1, 0.15) is 0 Å². The number of para-hydroxylation sites is 2. The highest BCUT2D eigenvalue weighted by atomic mass is 15.2. The first-order valence-corrected chi connectivity index (χ1v) is 24.4. The molecule has 0 aromatic heterocycles. The second-order valence-electron chi connectivity index (χ2n) is 19.1. The standard InChI is InChI=1S/C64H56N2/c1-43-17-13-31-55(47-23-5-3-6-24-47)63(43)65(53-29-15-27-51(41-53)45-19-9-10-20-45)59-39-35-49-34-38-58-60(40-36-50-33-37-57(59)61(49)62(50)58)66(54-30-16-28-52(42-54)46-21-11-12-22-46)64-44(2)18-14-32-56(64)48-25-7-4-8-26-48/h3-8,13-18,23-42,45-46H,9-12,19-22H2,1-2H3. The Bertz CT molecular complexity index is 3130. The summed E-state index contributed by atoms with van der Waals surface area (Å²) in [6.45, 7) is 4.56. The molecule has 0 amide bonds. The molecular formula is C64H56N2. The summed E-state index contributed by atoms with van der Waals surface area (Å²) in [5, 5.41) is 7.64. The summed E-state index contributed by atoms with van der Waals surface area (Å²) in [7, 11) is 0. The van der Waals surface area contributed by atoms with Gasteiger partial charge in [0.2, 0.25) is 0 Å². The van der Waals surface area contributed by atoms with Crippen LogP contribution in [0.25, 0.3) is 54.6 Å². The SMILES string of the molecule is Cc1cccc(-c2ccccc2)c1N(c1cccc(C2CCCC2)c1)c1ccc2ccc3c(N(c4cccc(C5CCCC5)c4)c4c(C)cccc4-c4ccccc4)ccc4ccc1c2c43. The summed E-state index contributed by atoms with van der Waals surface area (Å²) in [5.41, 5.74) is 17.6. The van der Waals surface area contributed by atoms with Gasteiger partial charge in [-0.3, -0.25) is 0 Å². The third kappa shape index (κ3) is 7.02. The minimum atomic E-state index is 0.606.